The van der Waals surface area contributed by atoms with E-state index in [-0.39, 0.29) is 19.6 Å². The van der Waals surface area contributed by atoms with Gasteiger partial charge in [-0.15, -0.1) is 13.2 Å². The monoisotopic (exact) mass is 377 g/mol. The molecule has 0 spiro atoms. The number of halogens is 1. The van der Waals surface area contributed by atoms with Crippen molar-refractivity contribution in [1.82, 2.24) is 13.7 Å². The molecule has 0 saturated heterocycles. The molecule has 0 unspecified atom stereocenters. The molecular weight excluding hydrogens is 362 g/mol. The van der Waals surface area contributed by atoms with Gasteiger partial charge in [-0.1, -0.05) is 40.2 Å². The molecule has 7 heteroatoms. The summed E-state index contributed by atoms with van der Waals surface area (Å²) in [5.74, 6) is 0. The van der Waals surface area contributed by atoms with Crippen LogP contribution in [0.25, 0.3) is 0 Å². The minimum absolute atomic E-state index is 0.0371. The van der Waals surface area contributed by atoms with Crippen molar-refractivity contribution < 1.29 is 0 Å². The van der Waals surface area contributed by atoms with Crippen molar-refractivity contribution in [1.29, 1.82) is 0 Å². The fourth-order valence-corrected chi connectivity index (χ4v) is 2.43. The van der Waals surface area contributed by atoms with E-state index in [0.717, 1.165) is 23.7 Å². The highest BCUT2D eigenvalue weighted by atomic mass is 79.9. The highest BCUT2D eigenvalue weighted by molar-refractivity contribution is 9.10. The van der Waals surface area contributed by atoms with E-state index in [9.17, 15) is 14.4 Å². The number of rotatable bonds is 6. The number of benzene rings is 1. The maximum Gasteiger partial charge on any atom is 0.336 e. The lowest BCUT2D eigenvalue weighted by atomic mass is 10.2. The van der Waals surface area contributed by atoms with Crippen molar-refractivity contribution in [3.8, 4) is 0 Å². The summed E-state index contributed by atoms with van der Waals surface area (Å²) < 4.78 is 3.90. The second-order valence-corrected chi connectivity index (χ2v) is 5.77. The van der Waals surface area contributed by atoms with E-state index in [1.165, 1.54) is 12.2 Å². The van der Waals surface area contributed by atoms with Crippen LogP contribution < -0.4 is 17.1 Å². The summed E-state index contributed by atoms with van der Waals surface area (Å²) in [6.45, 7) is 7.24. The smallest absolute Gasteiger partial charge is 0.247 e. The lowest BCUT2D eigenvalue weighted by Gasteiger charge is -2.12. The molecule has 1 aromatic heterocycles. The van der Waals surface area contributed by atoms with Gasteiger partial charge in [0.1, 0.15) is 0 Å². The summed E-state index contributed by atoms with van der Waals surface area (Å²) in [6, 6.07) is 7.25. The minimum Gasteiger partial charge on any atom is -0.247 e. The summed E-state index contributed by atoms with van der Waals surface area (Å²) in [5, 5.41) is 0. The van der Waals surface area contributed by atoms with E-state index in [0.29, 0.717) is 0 Å². The Morgan fingerprint density at radius 2 is 1.26 bits per heavy atom. The molecule has 2 aromatic rings. The average Bonchev–Trinajstić information content (AvgIpc) is 2.54. The third-order valence-corrected chi connectivity index (χ3v) is 3.79. The van der Waals surface area contributed by atoms with E-state index in [2.05, 4.69) is 29.1 Å². The molecular formula is C16H16BrN3O3. The molecule has 0 radical (unpaired) electrons. The van der Waals surface area contributed by atoms with Gasteiger partial charge in [-0.2, -0.15) is 0 Å². The van der Waals surface area contributed by atoms with Crippen LogP contribution in [0.2, 0.25) is 0 Å². The van der Waals surface area contributed by atoms with Crippen molar-refractivity contribution in [2.45, 2.75) is 19.6 Å². The van der Waals surface area contributed by atoms with Crippen molar-refractivity contribution in [3.05, 3.63) is 91.1 Å². The van der Waals surface area contributed by atoms with Gasteiger partial charge in [0.25, 0.3) is 0 Å². The molecule has 2 rings (SSSR count). The van der Waals surface area contributed by atoms with Crippen molar-refractivity contribution in [2.24, 2.45) is 0 Å². The third kappa shape index (κ3) is 3.50. The first-order valence-corrected chi connectivity index (χ1v) is 7.69. The fourth-order valence-electron chi connectivity index (χ4n) is 2.16. The summed E-state index contributed by atoms with van der Waals surface area (Å²) in [5.41, 5.74) is -1.18. The number of hydrogen-bond donors (Lipinski definition) is 0. The first kappa shape index (κ1) is 17.0. The van der Waals surface area contributed by atoms with E-state index in [4.69, 9.17) is 0 Å². The van der Waals surface area contributed by atoms with Crippen molar-refractivity contribution >= 4 is 15.9 Å². The van der Waals surface area contributed by atoms with E-state index in [1.807, 2.05) is 12.1 Å². The number of hydrogen-bond acceptors (Lipinski definition) is 3. The van der Waals surface area contributed by atoms with Crippen LogP contribution in [-0.2, 0) is 19.6 Å². The van der Waals surface area contributed by atoms with Crippen molar-refractivity contribution in [3.63, 3.8) is 0 Å². The van der Waals surface area contributed by atoms with Gasteiger partial charge >= 0.3 is 17.1 Å². The molecule has 1 aromatic carbocycles. The Morgan fingerprint density at radius 1 is 0.826 bits per heavy atom. The predicted octanol–water partition coefficient (Wildman–Crippen LogP) is 1.35. The molecule has 120 valence electrons. The van der Waals surface area contributed by atoms with Crippen LogP contribution in [0.4, 0.5) is 0 Å². The average molecular weight is 378 g/mol. The Bertz CT molecular complexity index is 856. The zero-order valence-corrected chi connectivity index (χ0v) is 14.0. The quantitative estimate of drug-likeness (QED) is 0.713. The highest BCUT2D eigenvalue weighted by Gasteiger charge is 2.14. The zero-order valence-electron chi connectivity index (χ0n) is 12.4. The molecule has 6 nitrogen and oxygen atoms in total. The standard InChI is InChI=1S/C16H16BrN3O3/c1-3-9-18-14(21)19(10-4-2)16(23)20(15(18)22)11-12-5-7-13(17)8-6-12/h3-8H,1-2,9-11H2. The molecule has 0 aliphatic rings. The molecule has 0 N–H and O–H groups in total. The van der Waals surface area contributed by atoms with Crippen LogP contribution in [0.15, 0.2) is 68.4 Å². The first-order valence-electron chi connectivity index (χ1n) is 6.90. The van der Waals surface area contributed by atoms with Gasteiger partial charge in [-0.05, 0) is 17.7 Å². The Balaban J connectivity index is 2.66. The zero-order chi connectivity index (χ0) is 17.0. The maximum atomic E-state index is 12.5. The molecule has 1 heterocycles. The fraction of sp³-hybridized carbons (Fsp3) is 0.188. The molecule has 0 aliphatic heterocycles. The van der Waals surface area contributed by atoms with E-state index < -0.39 is 17.1 Å². The van der Waals surface area contributed by atoms with Gasteiger partial charge in [0.05, 0.1) is 19.6 Å². The van der Waals surface area contributed by atoms with Gasteiger partial charge in [0, 0.05) is 4.47 Å². The van der Waals surface area contributed by atoms with Crippen molar-refractivity contribution in [2.75, 3.05) is 0 Å². The van der Waals surface area contributed by atoms with Crippen LogP contribution in [0.5, 0.6) is 0 Å². The first-order chi connectivity index (χ1) is 11.0. The maximum absolute atomic E-state index is 12.5. The normalized spacial score (nSPS) is 10.5. The number of nitrogens with zero attached hydrogens (tertiary/aromatic N) is 3. The molecule has 0 bridgehead atoms. The van der Waals surface area contributed by atoms with Gasteiger partial charge in [0.15, 0.2) is 0 Å². The summed E-state index contributed by atoms with van der Waals surface area (Å²) in [7, 11) is 0. The minimum atomic E-state index is -0.660. The largest absolute Gasteiger partial charge is 0.336 e. The Morgan fingerprint density at radius 3 is 1.70 bits per heavy atom. The van der Waals surface area contributed by atoms with Crippen LogP contribution in [0.1, 0.15) is 5.56 Å². The molecule has 23 heavy (non-hydrogen) atoms. The van der Waals surface area contributed by atoms with Gasteiger partial charge in [-0.3, -0.25) is 0 Å². The van der Waals surface area contributed by atoms with Crippen LogP contribution >= 0.6 is 15.9 Å². The molecule has 0 amide bonds. The van der Waals surface area contributed by atoms with Crippen LogP contribution in [0.3, 0.4) is 0 Å². The predicted molar refractivity (Wildman–Crippen MR) is 92.9 cm³/mol. The Labute approximate surface area is 140 Å². The summed E-state index contributed by atoms with van der Waals surface area (Å²) >= 11 is 3.33. The molecule has 0 fully saturated rings. The third-order valence-electron chi connectivity index (χ3n) is 3.26. The van der Waals surface area contributed by atoms with Gasteiger partial charge < -0.3 is 0 Å². The number of aromatic nitrogens is 3. The Hall–Kier alpha value is -2.41. The summed E-state index contributed by atoms with van der Waals surface area (Å²) in [4.78, 5) is 37.2. The van der Waals surface area contributed by atoms with E-state index in [1.54, 1.807) is 12.1 Å². The summed E-state index contributed by atoms with van der Waals surface area (Å²) in [6.07, 6.45) is 2.88. The second-order valence-electron chi connectivity index (χ2n) is 4.86. The highest BCUT2D eigenvalue weighted by Crippen LogP contribution is 2.10. The SMILES string of the molecule is C=CCn1c(=O)n(CC=C)c(=O)n(Cc2ccc(Br)cc2)c1=O. The number of allylic oxidation sites excluding steroid dienone is 2. The van der Waals surface area contributed by atoms with E-state index >= 15 is 0 Å². The lowest BCUT2D eigenvalue weighted by Crippen LogP contribution is -2.54. The second kappa shape index (κ2) is 7.23. The molecule has 0 saturated carbocycles. The lowest BCUT2D eigenvalue weighted by molar-refractivity contribution is 0.498. The van der Waals surface area contributed by atoms with Crippen LogP contribution in [-0.4, -0.2) is 13.7 Å². The van der Waals surface area contributed by atoms with Crippen LogP contribution in [0, 0.1) is 0 Å². The van der Waals surface area contributed by atoms with Gasteiger partial charge in [0.2, 0.25) is 0 Å². The molecule has 0 atom stereocenters. The Kier molecular flexibility index (Phi) is 5.33. The topological polar surface area (TPSA) is 66.0 Å². The molecule has 0 aliphatic carbocycles. The van der Waals surface area contributed by atoms with Gasteiger partial charge in [-0.25, -0.2) is 28.1 Å².